The normalized spacial score (nSPS) is 20.0. The molecule has 126 valence electrons. The molecule has 2 aliphatic rings. The van der Waals surface area contributed by atoms with Gasteiger partial charge in [0, 0.05) is 49.4 Å². The van der Waals surface area contributed by atoms with Crippen LogP contribution in [0.3, 0.4) is 0 Å². The van der Waals surface area contributed by atoms with E-state index in [1.54, 1.807) is 0 Å². The van der Waals surface area contributed by atoms with E-state index >= 15 is 0 Å². The largest absolute Gasteiger partial charge is 0.371 e. The van der Waals surface area contributed by atoms with E-state index < -0.39 is 0 Å². The predicted octanol–water partition coefficient (Wildman–Crippen LogP) is 3.52. The van der Waals surface area contributed by atoms with Crippen molar-refractivity contribution >= 4 is 22.5 Å². The molecule has 0 radical (unpaired) electrons. The number of amides is 1. The summed E-state index contributed by atoms with van der Waals surface area (Å²) in [7, 11) is 0. The van der Waals surface area contributed by atoms with Gasteiger partial charge in [-0.05, 0) is 44.2 Å². The maximum Gasteiger partial charge on any atom is 0.222 e. The second-order valence-electron chi connectivity index (χ2n) is 7.06. The maximum absolute atomic E-state index is 12.2. The average molecular weight is 323 g/mol. The molecule has 2 aromatic rings. The summed E-state index contributed by atoms with van der Waals surface area (Å²) in [5, 5.41) is 1.24. The van der Waals surface area contributed by atoms with E-state index in [0.29, 0.717) is 11.9 Å². The zero-order chi connectivity index (χ0) is 16.5. The highest BCUT2D eigenvalue weighted by Crippen LogP contribution is 2.30. The first-order valence-corrected chi connectivity index (χ1v) is 9.13. The van der Waals surface area contributed by atoms with Gasteiger partial charge in [0.15, 0.2) is 0 Å². The molecule has 2 saturated heterocycles. The van der Waals surface area contributed by atoms with Crippen molar-refractivity contribution in [3.8, 4) is 0 Å². The molecule has 24 heavy (non-hydrogen) atoms. The molecule has 4 heteroatoms. The molecule has 1 aromatic carbocycles. The Morgan fingerprint density at radius 1 is 1.08 bits per heavy atom. The third kappa shape index (κ3) is 2.74. The Kier molecular flexibility index (Phi) is 4.13. The summed E-state index contributed by atoms with van der Waals surface area (Å²) in [6, 6.07) is 8.97. The van der Waals surface area contributed by atoms with E-state index in [2.05, 4.69) is 46.0 Å². The number of para-hydroxylation sites is 1. The minimum atomic E-state index is 0.365. The Morgan fingerprint density at radius 3 is 2.71 bits per heavy atom. The van der Waals surface area contributed by atoms with Crippen molar-refractivity contribution in [3.05, 3.63) is 36.0 Å². The van der Waals surface area contributed by atoms with Crippen LogP contribution in [-0.2, 0) is 4.79 Å². The lowest BCUT2D eigenvalue weighted by molar-refractivity contribution is -0.136. The molecular weight excluding hydrogens is 298 g/mol. The molecule has 4 nitrogen and oxygen atoms in total. The molecule has 0 unspecified atom stereocenters. The Balaban J connectivity index is 1.52. The molecule has 2 fully saturated rings. The first-order valence-electron chi connectivity index (χ1n) is 9.13. The fraction of sp³-hybridized carbons (Fsp3) is 0.500. The Morgan fingerprint density at radius 2 is 1.92 bits per heavy atom. The fourth-order valence-corrected chi connectivity index (χ4v) is 4.22. The average Bonchev–Trinajstić information content (AvgIpc) is 2.62. The molecule has 4 rings (SSSR count). The van der Waals surface area contributed by atoms with Crippen LogP contribution >= 0.6 is 0 Å². The zero-order valence-electron chi connectivity index (χ0n) is 14.4. The smallest absolute Gasteiger partial charge is 0.222 e. The number of likely N-dealkylation sites (tertiary alicyclic amines) is 1. The molecule has 0 saturated carbocycles. The van der Waals surface area contributed by atoms with Gasteiger partial charge in [-0.2, -0.15) is 0 Å². The van der Waals surface area contributed by atoms with Gasteiger partial charge in [-0.3, -0.25) is 9.78 Å². The molecule has 1 aromatic heterocycles. The Labute approximate surface area is 143 Å². The Bertz CT molecular complexity index is 750. The van der Waals surface area contributed by atoms with Gasteiger partial charge in [0.05, 0.1) is 5.52 Å². The van der Waals surface area contributed by atoms with Gasteiger partial charge in [0.2, 0.25) is 5.91 Å². The number of nitrogens with zero attached hydrogens (tertiary/aromatic N) is 3. The van der Waals surface area contributed by atoms with Crippen molar-refractivity contribution in [1.82, 2.24) is 9.88 Å². The van der Waals surface area contributed by atoms with Crippen LogP contribution < -0.4 is 4.90 Å². The number of fused-ring (bicyclic) bond motifs is 1. The van der Waals surface area contributed by atoms with Crippen LogP contribution in [0.1, 0.15) is 37.7 Å². The van der Waals surface area contributed by atoms with Crippen molar-refractivity contribution in [3.63, 3.8) is 0 Å². The van der Waals surface area contributed by atoms with Crippen molar-refractivity contribution in [2.24, 2.45) is 0 Å². The molecule has 2 aliphatic heterocycles. The van der Waals surface area contributed by atoms with E-state index in [9.17, 15) is 4.79 Å². The van der Waals surface area contributed by atoms with Crippen LogP contribution in [0, 0.1) is 6.92 Å². The van der Waals surface area contributed by atoms with Crippen LogP contribution in [0.2, 0.25) is 0 Å². The number of pyridine rings is 1. The second kappa shape index (κ2) is 6.42. The Hall–Kier alpha value is -2.10. The van der Waals surface area contributed by atoms with Crippen LogP contribution in [0.4, 0.5) is 5.69 Å². The molecule has 0 bridgehead atoms. The number of piperidine rings is 2. The first-order chi connectivity index (χ1) is 11.7. The van der Waals surface area contributed by atoms with E-state index in [0.717, 1.165) is 50.8 Å². The summed E-state index contributed by atoms with van der Waals surface area (Å²) in [4.78, 5) is 21.3. The number of aryl methyl sites for hydroxylation is 1. The highest BCUT2D eigenvalue weighted by atomic mass is 16.2. The molecular formula is C20H25N3O. The van der Waals surface area contributed by atoms with Gasteiger partial charge in [-0.1, -0.05) is 18.2 Å². The summed E-state index contributed by atoms with van der Waals surface area (Å²) in [6.07, 6.45) is 7.04. The molecule has 0 N–H and O–H groups in total. The number of carbonyl (C=O) groups excluding carboxylic acids is 1. The third-order valence-electron chi connectivity index (χ3n) is 5.56. The number of rotatable bonds is 2. The lowest BCUT2D eigenvalue weighted by Gasteiger charge is -2.41. The minimum Gasteiger partial charge on any atom is -0.371 e. The van der Waals surface area contributed by atoms with Gasteiger partial charge in [-0.25, -0.2) is 0 Å². The monoisotopic (exact) mass is 323 g/mol. The van der Waals surface area contributed by atoms with Gasteiger partial charge >= 0.3 is 0 Å². The summed E-state index contributed by atoms with van der Waals surface area (Å²) in [5.74, 6) is 0.365. The molecule has 3 heterocycles. The number of hydrogen-bond acceptors (Lipinski definition) is 3. The van der Waals surface area contributed by atoms with Gasteiger partial charge in [0.25, 0.3) is 0 Å². The van der Waals surface area contributed by atoms with E-state index in [-0.39, 0.29) is 0 Å². The van der Waals surface area contributed by atoms with Crippen LogP contribution in [-0.4, -0.2) is 41.5 Å². The lowest BCUT2D eigenvalue weighted by Crippen LogP contribution is -2.49. The number of aromatic nitrogens is 1. The maximum atomic E-state index is 12.2. The topological polar surface area (TPSA) is 36.4 Å². The second-order valence-corrected chi connectivity index (χ2v) is 7.06. The van der Waals surface area contributed by atoms with Gasteiger partial charge in [0.1, 0.15) is 0 Å². The molecule has 0 atom stereocenters. The highest BCUT2D eigenvalue weighted by Gasteiger charge is 2.29. The van der Waals surface area contributed by atoms with Gasteiger partial charge in [-0.15, -0.1) is 0 Å². The number of carbonyl (C=O) groups is 1. The van der Waals surface area contributed by atoms with E-state index in [1.807, 2.05) is 6.20 Å². The van der Waals surface area contributed by atoms with Gasteiger partial charge < -0.3 is 9.80 Å². The summed E-state index contributed by atoms with van der Waals surface area (Å²) < 4.78 is 0. The van der Waals surface area contributed by atoms with Crippen LogP contribution in [0.25, 0.3) is 10.9 Å². The van der Waals surface area contributed by atoms with E-state index in [1.165, 1.54) is 23.1 Å². The van der Waals surface area contributed by atoms with Crippen molar-refractivity contribution in [1.29, 1.82) is 0 Å². The summed E-state index contributed by atoms with van der Waals surface area (Å²) in [6.45, 7) is 5.11. The van der Waals surface area contributed by atoms with Crippen LogP contribution in [0.5, 0.6) is 0 Å². The standard InChI is InChI=1S/C20H25N3O/c1-15-5-4-6-17-18(8-11-21-20(15)17)22-13-9-16(10-14-22)23-12-3-2-7-19(23)24/h4-6,8,11,16H,2-3,7,9-10,12-14H2,1H3. The fourth-order valence-electron chi connectivity index (χ4n) is 4.22. The van der Waals surface area contributed by atoms with E-state index in [4.69, 9.17) is 0 Å². The summed E-state index contributed by atoms with van der Waals surface area (Å²) >= 11 is 0. The minimum absolute atomic E-state index is 0.365. The SMILES string of the molecule is Cc1cccc2c(N3CCC(N4CCCCC4=O)CC3)ccnc12. The first kappa shape index (κ1) is 15.4. The molecule has 1 amide bonds. The van der Waals surface area contributed by atoms with Crippen molar-refractivity contribution < 1.29 is 4.79 Å². The third-order valence-corrected chi connectivity index (χ3v) is 5.56. The summed E-state index contributed by atoms with van der Waals surface area (Å²) in [5.41, 5.74) is 3.61. The van der Waals surface area contributed by atoms with Crippen molar-refractivity contribution in [2.45, 2.75) is 45.1 Å². The quantitative estimate of drug-likeness (QED) is 0.848. The zero-order valence-corrected chi connectivity index (χ0v) is 14.4. The molecule has 0 aliphatic carbocycles. The lowest BCUT2D eigenvalue weighted by atomic mass is 9.98. The highest BCUT2D eigenvalue weighted by molar-refractivity contribution is 5.93. The number of anilines is 1. The predicted molar refractivity (Wildman–Crippen MR) is 97.3 cm³/mol. The van der Waals surface area contributed by atoms with Crippen molar-refractivity contribution in [2.75, 3.05) is 24.5 Å². The molecule has 0 spiro atoms. The van der Waals surface area contributed by atoms with Crippen LogP contribution in [0.15, 0.2) is 30.5 Å². The number of hydrogen-bond donors (Lipinski definition) is 0. The number of benzene rings is 1.